The lowest BCUT2D eigenvalue weighted by Gasteiger charge is -2.44. The van der Waals surface area contributed by atoms with Crippen molar-refractivity contribution in [3.8, 4) is 5.75 Å². The minimum Gasteiger partial charge on any atom is -0.409 e. The zero-order valence-corrected chi connectivity index (χ0v) is 28.8. The molecular formula is C33H45ClN4O6S2. The molecule has 5 rings (SSSR count). The SMILES string of the molecule is CCS(=O)(=O)N1CCC([C@@H](NC2CCCCC2)C(=O)N2CCN(C(=O)Oc3ccccc3Cl)C[C@H]2C(=O)CCc2cccs2)CC1. The van der Waals surface area contributed by atoms with Crippen LogP contribution in [0.2, 0.25) is 5.02 Å². The number of benzene rings is 1. The van der Waals surface area contributed by atoms with E-state index in [1.807, 2.05) is 17.5 Å². The maximum Gasteiger partial charge on any atom is 0.415 e. The molecule has 252 valence electrons. The van der Waals surface area contributed by atoms with Crippen molar-refractivity contribution in [1.82, 2.24) is 19.4 Å². The van der Waals surface area contributed by atoms with Crippen LogP contribution in [0.3, 0.4) is 0 Å². The topological polar surface area (TPSA) is 116 Å². The first-order valence-corrected chi connectivity index (χ1v) is 19.3. The number of halogens is 1. The van der Waals surface area contributed by atoms with E-state index >= 15 is 0 Å². The molecule has 2 atom stereocenters. The number of sulfonamides is 1. The van der Waals surface area contributed by atoms with Crippen LogP contribution in [0.15, 0.2) is 41.8 Å². The first-order chi connectivity index (χ1) is 22.2. The van der Waals surface area contributed by atoms with E-state index in [0.29, 0.717) is 37.4 Å². The number of nitrogens with zero attached hydrogens (tertiary/aromatic N) is 3. The van der Waals surface area contributed by atoms with Crippen molar-refractivity contribution in [1.29, 1.82) is 0 Å². The summed E-state index contributed by atoms with van der Waals surface area (Å²) in [5, 5.41) is 5.97. The zero-order valence-electron chi connectivity index (χ0n) is 26.4. The van der Waals surface area contributed by atoms with Gasteiger partial charge in [0, 0.05) is 43.5 Å². The number of ketones is 1. The smallest absolute Gasteiger partial charge is 0.409 e. The number of piperidine rings is 1. The molecule has 2 saturated heterocycles. The summed E-state index contributed by atoms with van der Waals surface area (Å²) >= 11 is 7.81. The summed E-state index contributed by atoms with van der Waals surface area (Å²) in [6.45, 7) is 2.84. The second-order valence-electron chi connectivity index (χ2n) is 12.5. The predicted molar refractivity (Wildman–Crippen MR) is 180 cm³/mol. The fraction of sp³-hybridized carbons (Fsp3) is 0.606. The molecule has 2 aliphatic heterocycles. The second-order valence-corrected chi connectivity index (χ2v) is 16.2. The van der Waals surface area contributed by atoms with Gasteiger partial charge < -0.3 is 19.9 Å². The third-order valence-electron chi connectivity index (χ3n) is 9.54. The minimum atomic E-state index is -3.31. The van der Waals surface area contributed by atoms with Gasteiger partial charge in [0.25, 0.3) is 0 Å². The third kappa shape index (κ3) is 8.69. The Morgan fingerprint density at radius 2 is 1.74 bits per heavy atom. The van der Waals surface area contributed by atoms with Gasteiger partial charge in [-0.05, 0) is 68.5 Å². The summed E-state index contributed by atoms with van der Waals surface area (Å²) in [7, 11) is -3.31. The Morgan fingerprint density at radius 3 is 2.41 bits per heavy atom. The molecular weight excluding hydrogens is 648 g/mol. The summed E-state index contributed by atoms with van der Waals surface area (Å²) in [5.74, 6) is -0.0174. The Bertz CT molecular complexity index is 1440. The molecule has 1 aliphatic carbocycles. The van der Waals surface area contributed by atoms with Gasteiger partial charge in [0.05, 0.1) is 23.4 Å². The number of carbonyl (C=O) groups is 3. The summed E-state index contributed by atoms with van der Waals surface area (Å²) in [6, 6.07) is 9.50. The van der Waals surface area contributed by atoms with E-state index in [1.54, 1.807) is 47.4 Å². The van der Waals surface area contributed by atoms with Crippen LogP contribution in [-0.4, -0.2) is 96.9 Å². The fourth-order valence-corrected chi connectivity index (χ4v) is 8.84. The van der Waals surface area contributed by atoms with Crippen molar-refractivity contribution in [2.24, 2.45) is 5.92 Å². The lowest BCUT2D eigenvalue weighted by molar-refractivity contribution is -0.146. The van der Waals surface area contributed by atoms with Gasteiger partial charge in [-0.3, -0.25) is 9.59 Å². The number of nitrogens with one attached hydrogen (secondary N) is 1. The molecule has 2 amide bonds. The molecule has 0 bridgehead atoms. The molecule has 2 aromatic rings. The maximum absolute atomic E-state index is 14.6. The molecule has 3 aliphatic rings. The second kappa shape index (κ2) is 16.1. The number of amides is 2. The number of aryl methyl sites for hydroxylation is 1. The van der Waals surface area contributed by atoms with Crippen LogP contribution >= 0.6 is 22.9 Å². The summed E-state index contributed by atoms with van der Waals surface area (Å²) < 4.78 is 32.3. The van der Waals surface area contributed by atoms with Crippen molar-refractivity contribution in [3.05, 3.63) is 51.7 Å². The van der Waals surface area contributed by atoms with Gasteiger partial charge in [-0.25, -0.2) is 17.5 Å². The van der Waals surface area contributed by atoms with Crippen LogP contribution in [0.25, 0.3) is 0 Å². The molecule has 46 heavy (non-hydrogen) atoms. The molecule has 1 aromatic heterocycles. The van der Waals surface area contributed by atoms with Gasteiger partial charge in [0.2, 0.25) is 15.9 Å². The number of rotatable bonds is 11. The number of ether oxygens (including phenoxy) is 1. The zero-order chi connectivity index (χ0) is 32.7. The lowest BCUT2D eigenvalue weighted by Crippen LogP contribution is -2.64. The lowest BCUT2D eigenvalue weighted by atomic mass is 9.86. The molecule has 3 heterocycles. The van der Waals surface area contributed by atoms with E-state index in [4.69, 9.17) is 16.3 Å². The summed E-state index contributed by atoms with van der Waals surface area (Å²) in [4.78, 5) is 46.0. The summed E-state index contributed by atoms with van der Waals surface area (Å²) in [6.07, 6.45) is 6.67. The van der Waals surface area contributed by atoms with Gasteiger partial charge in [-0.1, -0.05) is 49.1 Å². The molecule has 1 saturated carbocycles. The van der Waals surface area contributed by atoms with Crippen LogP contribution in [0, 0.1) is 5.92 Å². The molecule has 1 N–H and O–H groups in total. The molecule has 10 nitrogen and oxygen atoms in total. The fourth-order valence-electron chi connectivity index (χ4n) is 6.82. The highest BCUT2D eigenvalue weighted by Crippen LogP contribution is 2.29. The quantitative estimate of drug-likeness (QED) is 0.354. The Hall–Kier alpha value is -2.51. The number of hydrogen-bond donors (Lipinski definition) is 1. The van der Waals surface area contributed by atoms with Crippen molar-refractivity contribution < 1.29 is 27.5 Å². The van der Waals surface area contributed by atoms with E-state index in [2.05, 4.69) is 5.32 Å². The largest absolute Gasteiger partial charge is 0.415 e. The van der Waals surface area contributed by atoms with E-state index < -0.39 is 28.2 Å². The van der Waals surface area contributed by atoms with Crippen molar-refractivity contribution in [3.63, 3.8) is 0 Å². The van der Waals surface area contributed by atoms with Crippen LogP contribution in [-0.2, 0) is 26.0 Å². The molecule has 13 heteroatoms. The molecule has 0 unspecified atom stereocenters. The first kappa shape index (κ1) is 34.8. The van der Waals surface area contributed by atoms with Gasteiger partial charge in [-0.2, -0.15) is 0 Å². The van der Waals surface area contributed by atoms with Crippen molar-refractivity contribution in [2.75, 3.05) is 38.5 Å². The highest BCUT2D eigenvalue weighted by molar-refractivity contribution is 7.89. The molecule has 1 aromatic carbocycles. The van der Waals surface area contributed by atoms with E-state index in [0.717, 1.165) is 30.6 Å². The van der Waals surface area contributed by atoms with Crippen LogP contribution < -0.4 is 10.1 Å². The molecule has 0 radical (unpaired) electrons. The Morgan fingerprint density at radius 1 is 1.00 bits per heavy atom. The average Bonchev–Trinajstić information content (AvgIpc) is 3.61. The highest BCUT2D eigenvalue weighted by Gasteiger charge is 2.43. The van der Waals surface area contributed by atoms with Crippen LogP contribution in [0.5, 0.6) is 5.75 Å². The van der Waals surface area contributed by atoms with Crippen LogP contribution in [0.1, 0.15) is 63.2 Å². The van der Waals surface area contributed by atoms with Gasteiger partial charge >= 0.3 is 6.09 Å². The first-order valence-electron chi connectivity index (χ1n) is 16.5. The van der Waals surface area contributed by atoms with Crippen LogP contribution in [0.4, 0.5) is 4.79 Å². The number of para-hydroxylation sites is 1. The number of Topliss-reactive ketones (excluding diaryl/α,β-unsaturated/α-hetero) is 1. The Balaban J connectivity index is 1.35. The van der Waals surface area contributed by atoms with E-state index in [9.17, 15) is 22.8 Å². The molecule has 0 spiro atoms. The Kier molecular flexibility index (Phi) is 12.2. The van der Waals surface area contributed by atoms with Gasteiger partial charge in [0.1, 0.15) is 6.04 Å². The van der Waals surface area contributed by atoms with Gasteiger partial charge in [0.15, 0.2) is 11.5 Å². The number of piperazine rings is 1. The number of hydrogen-bond acceptors (Lipinski definition) is 8. The molecule has 3 fully saturated rings. The van der Waals surface area contributed by atoms with Crippen molar-refractivity contribution in [2.45, 2.75) is 82.8 Å². The monoisotopic (exact) mass is 692 g/mol. The predicted octanol–water partition coefficient (Wildman–Crippen LogP) is 4.97. The van der Waals surface area contributed by atoms with Crippen molar-refractivity contribution >= 4 is 50.7 Å². The maximum atomic E-state index is 14.6. The highest BCUT2D eigenvalue weighted by atomic mass is 35.5. The standard InChI is InChI=1S/C33H45ClN4O6S2/c1-2-46(42,43)37-18-16-24(17-19-37)31(35-25-9-4-3-5-10-25)32(40)38-21-20-36(33(41)44-30-13-7-6-12-27(30)34)23-28(38)29(39)15-14-26-11-8-22-45-26/h6-8,11-13,22,24-25,28,31,35H,2-5,9-10,14-21,23H2,1H3/t28-,31+/m0/s1. The Labute approximate surface area is 281 Å². The average molecular weight is 693 g/mol. The van der Waals surface area contributed by atoms with Gasteiger partial charge in [-0.15, -0.1) is 11.3 Å². The normalized spacial score (nSPS) is 21.2. The van der Waals surface area contributed by atoms with E-state index in [1.165, 1.54) is 15.6 Å². The minimum absolute atomic E-state index is 0.0294. The number of thiophene rings is 1. The third-order valence-corrected chi connectivity index (χ3v) is 12.7. The number of carbonyl (C=O) groups excluding carboxylic acids is 3. The van der Waals surface area contributed by atoms with E-state index in [-0.39, 0.29) is 61.2 Å². The summed E-state index contributed by atoms with van der Waals surface area (Å²) in [5.41, 5.74) is 0.